The van der Waals surface area contributed by atoms with Crippen molar-refractivity contribution < 1.29 is 33.4 Å². The van der Waals surface area contributed by atoms with Crippen molar-refractivity contribution in [3.05, 3.63) is 70.8 Å². The van der Waals surface area contributed by atoms with E-state index in [4.69, 9.17) is 30.7 Å². The minimum absolute atomic E-state index is 0.0510. The molecule has 1 aliphatic carbocycles. The van der Waals surface area contributed by atoms with Gasteiger partial charge in [0.05, 0.1) is 32.2 Å². The molecule has 0 radical (unpaired) electrons. The van der Waals surface area contributed by atoms with Crippen LogP contribution in [-0.2, 0) is 32.1 Å². The highest BCUT2D eigenvalue weighted by Gasteiger charge is 2.22. The number of amidine groups is 2. The van der Waals surface area contributed by atoms with Crippen LogP contribution in [0.3, 0.4) is 0 Å². The number of esters is 1. The molecule has 1 amide bonds. The van der Waals surface area contributed by atoms with Crippen molar-refractivity contribution in [2.75, 3.05) is 14.2 Å². The zero-order valence-electron chi connectivity index (χ0n) is 26.1. The maximum Gasteiger partial charge on any atom is 0.511 e. The molecule has 0 bridgehead atoms. The Kier molecular flexibility index (Phi) is 14.2. The third kappa shape index (κ3) is 11.7. The molecule has 2 aromatic carbocycles. The molecule has 16 nitrogen and oxygen atoms in total. The number of benzene rings is 2. The molecule has 0 aromatic heterocycles. The number of rotatable bonds is 12. The Morgan fingerprint density at radius 1 is 0.870 bits per heavy atom. The van der Waals surface area contributed by atoms with E-state index in [-0.39, 0.29) is 48.8 Å². The molecule has 1 saturated carbocycles. The monoisotopic (exact) mass is 637 g/mol. The van der Waals surface area contributed by atoms with E-state index in [2.05, 4.69) is 30.7 Å². The summed E-state index contributed by atoms with van der Waals surface area (Å²) in [7, 11) is 2.91. The van der Waals surface area contributed by atoms with E-state index in [1.807, 2.05) is 0 Å². The summed E-state index contributed by atoms with van der Waals surface area (Å²) in [6, 6.07) is 13.4. The summed E-state index contributed by atoms with van der Waals surface area (Å²) in [6.07, 6.45) is 2.51. The zero-order chi connectivity index (χ0) is 33.3. The molecule has 246 valence electrons. The van der Waals surface area contributed by atoms with Crippen LogP contribution < -0.4 is 11.7 Å². The van der Waals surface area contributed by atoms with E-state index in [0.717, 1.165) is 42.7 Å². The van der Waals surface area contributed by atoms with E-state index in [0.29, 0.717) is 11.1 Å². The van der Waals surface area contributed by atoms with Gasteiger partial charge in [-0.15, -0.1) is 10.2 Å². The highest BCUT2D eigenvalue weighted by atomic mass is 16.8. The SMILES string of the molecule is CON(C)C(=O)c1cccc(CN=N/C(C/C(N=NCc2cccc(C(=O)OC(C)OC(=O)OC3CCCCC3)c2)=N/N)=N\N)c1. The Morgan fingerprint density at radius 3 is 2.00 bits per heavy atom. The molecule has 1 fully saturated rings. The second kappa shape index (κ2) is 18.5. The Balaban J connectivity index is 1.49. The molecule has 0 heterocycles. The first-order valence-electron chi connectivity index (χ1n) is 14.6. The topological polar surface area (TPSA) is 218 Å². The minimum atomic E-state index is -1.14. The fourth-order valence-electron chi connectivity index (χ4n) is 4.34. The van der Waals surface area contributed by atoms with Crippen LogP contribution in [0.15, 0.2) is 79.2 Å². The van der Waals surface area contributed by atoms with Gasteiger partial charge in [-0.25, -0.2) is 14.7 Å². The number of nitrogens with zero attached hydrogens (tertiary/aromatic N) is 7. The van der Waals surface area contributed by atoms with E-state index < -0.39 is 18.4 Å². The van der Waals surface area contributed by atoms with Crippen LogP contribution in [0.5, 0.6) is 0 Å². The standard InChI is InChI=1S/C30H39N9O7/c1-20(45-30(42)46-25-13-5-4-6-14-25)44-29(41)24-12-8-10-22(16-24)19-34-38-27(36-32)17-26(35-31)37-33-18-21-9-7-11-23(15-21)28(40)39(2)43-3/h7-12,15-16,20,25H,4-6,13-14,17-19,31-32H2,1-3H3/b35-26-,36-27-,37-33?,38-34?. The van der Waals surface area contributed by atoms with E-state index in [9.17, 15) is 14.4 Å². The highest BCUT2D eigenvalue weighted by molar-refractivity contribution is 6.02. The molecular weight excluding hydrogens is 598 g/mol. The second-order valence-electron chi connectivity index (χ2n) is 10.2. The lowest BCUT2D eigenvalue weighted by atomic mass is 9.98. The van der Waals surface area contributed by atoms with Gasteiger partial charge in [-0.1, -0.05) is 30.7 Å². The van der Waals surface area contributed by atoms with E-state index >= 15 is 0 Å². The van der Waals surface area contributed by atoms with Gasteiger partial charge < -0.3 is 25.9 Å². The summed E-state index contributed by atoms with van der Waals surface area (Å²) in [5.41, 5.74) is 2.04. The van der Waals surface area contributed by atoms with Crippen molar-refractivity contribution in [3.8, 4) is 0 Å². The molecule has 0 aliphatic heterocycles. The maximum atomic E-state index is 12.6. The molecule has 1 atom stereocenters. The first-order valence-corrected chi connectivity index (χ1v) is 14.6. The predicted octanol–water partition coefficient (Wildman–Crippen LogP) is 4.85. The van der Waals surface area contributed by atoms with Gasteiger partial charge in [-0.3, -0.25) is 9.63 Å². The second-order valence-corrected chi connectivity index (χ2v) is 10.2. The highest BCUT2D eigenvalue weighted by Crippen LogP contribution is 2.21. The van der Waals surface area contributed by atoms with Crippen LogP contribution in [0.25, 0.3) is 0 Å². The van der Waals surface area contributed by atoms with Crippen LogP contribution in [-0.4, -0.2) is 61.3 Å². The van der Waals surface area contributed by atoms with Gasteiger partial charge in [0.25, 0.3) is 5.91 Å². The average molecular weight is 638 g/mol. The zero-order valence-corrected chi connectivity index (χ0v) is 26.1. The van der Waals surface area contributed by atoms with Gasteiger partial charge >= 0.3 is 12.1 Å². The number of carbonyl (C=O) groups is 3. The summed E-state index contributed by atoms with van der Waals surface area (Å²) in [4.78, 5) is 41.9. The molecule has 4 N–H and O–H groups in total. The molecule has 1 unspecified atom stereocenters. The van der Waals surface area contributed by atoms with Gasteiger partial charge in [0, 0.05) is 19.5 Å². The van der Waals surface area contributed by atoms with Crippen LogP contribution >= 0.6 is 0 Å². The number of ether oxygens (including phenoxy) is 3. The number of hydrogen-bond donors (Lipinski definition) is 2. The Labute approximate surface area is 266 Å². The van der Waals surface area contributed by atoms with Crippen molar-refractivity contribution in [1.29, 1.82) is 0 Å². The Morgan fingerprint density at radius 2 is 1.43 bits per heavy atom. The first kappa shape index (κ1) is 35.2. The fraction of sp³-hybridized carbons (Fsp3) is 0.433. The summed E-state index contributed by atoms with van der Waals surface area (Å²) in [5.74, 6) is 10.1. The number of hydroxylamine groups is 2. The molecular formula is C30H39N9O7. The van der Waals surface area contributed by atoms with E-state index in [1.54, 1.807) is 48.5 Å². The van der Waals surface area contributed by atoms with Crippen molar-refractivity contribution in [1.82, 2.24) is 5.06 Å². The quantitative estimate of drug-likeness (QED) is 0.0617. The smallest absolute Gasteiger partial charge is 0.431 e. The van der Waals surface area contributed by atoms with Crippen molar-refractivity contribution in [2.45, 2.75) is 70.9 Å². The molecule has 3 rings (SSSR count). The predicted molar refractivity (Wildman–Crippen MR) is 166 cm³/mol. The molecule has 46 heavy (non-hydrogen) atoms. The van der Waals surface area contributed by atoms with Crippen molar-refractivity contribution in [3.63, 3.8) is 0 Å². The van der Waals surface area contributed by atoms with Crippen molar-refractivity contribution >= 4 is 29.7 Å². The normalized spacial score (nSPS) is 15.1. The van der Waals surface area contributed by atoms with Gasteiger partial charge in [0.15, 0.2) is 11.7 Å². The number of azo groups is 2. The average Bonchev–Trinajstić information content (AvgIpc) is 3.06. The minimum Gasteiger partial charge on any atom is -0.431 e. The number of carbonyl (C=O) groups excluding carboxylic acids is 3. The Bertz CT molecular complexity index is 1460. The van der Waals surface area contributed by atoms with Crippen LogP contribution in [0.4, 0.5) is 4.79 Å². The summed E-state index contributed by atoms with van der Waals surface area (Å²) in [5, 5.41) is 24.6. The number of nitrogens with two attached hydrogens (primary N) is 2. The van der Waals surface area contributed by atoms with Crippen LogP contribution in [0, 0.1) is 0 Å². The Hall–Kier alpha value is -5.25. The summed E-state index contributed by atoms with van der Waals surface area (Å²) < 4.78 is 15.6. The lowest BCUT2D eigenvalue weighted by Crippen LogP contribution is -2.26. The molecule has 0 saturated heterocycles. The molecule has 1 aliphatic rings. The lowest BCUT2D eigenvalue weighted by Gasteiger charge is -2.22. The number of hydrogen-bond acceptors (Lipinski definition) is 13. The van der Waals surface area contributed by atoms with Crippen LogP contribution in [0.1, 0.15) is 77.3 Å². The van der Waals surface area contributed by atoms with E-state index in [1.165, 1.54) is 21.1 Å². The lowest BCUT2D eigenvalue weighted by molar-refractivity contribution is -0.0915. The molecule has 2 aromatic rings. The van der Waals surface area contributed by atoms with Gasteiger partial charge in [0.1, 0.15) is 6.10 Å². The summed E-state index contributed by atoms with van der Waals surface area (Å²) >= 11 is 0. The third-order valence-corrected chi connectivity index (χ3v) is 6.74. The number of hydrazone groups is 2. The molecule has 16 heteroatoms. The maximum absolute atomic E-state index is 12.6. The number of amides is 1. The van der Waals surface area contributed by atoms with Gasteiger partial charge in [0.2, 0.25) is 6.29 Å². The largest absolute Gasteiger partial charge is 0.511 e. The van der Waals surface area contributed by atoms with Gasteiger partial charge in [-0.05, 0) is 61.1 Å². The van der Waals surface area contributed by atoms with Crippen molar-refractivity contribution in [2.24, 2.45) is 42.3 Å². The third-order valence-electron chi connectivity index (χ3n) is 6.74. The fourth-order valence-corrected chi connectivity index (χ4v) is 4.34. The molecule has 0 spiro atoms. The van der Waals surface area contributed by atoms with Crippen LogP contribution in [0.2, 0.25) is 0 Å². The van der Waals surface area contributed by atoms with Gasteiger partial charge in [-0.2, -0.15) is 20.4 Å². The summed E-state index contributed by atoms with van der Waals surface area (Å²) in [6.45, 7) is 1.68. The first-order chi connectivity index (χ1) is 22.2.